The van der Waals surface area contributed by atoms with Crippen molar-refractivity contribution in [2.45, 2.75) is 20.0 Å². The average Bonchev–Trinajstić information content (AvgIpc) is 3.15. The van der Waals surface area contributed by atoms with Crippen LogP contribution < -0.4 is 10.9 Å². The van der Waals surface area contributed by atoms with Gasteiger partial charge < -0.3 is 9.72 Å². The number of aryl methyl sites for hydroxylation is 1. The van der Waals surface area contributed by atoms with Gasteiger partial charge in [-0.2, -0.15) is 0 Å². The lowest BCUT2D eigenvalue weighted by Crippen LogP contribution is -2.33. The molecule has 0 radical (unpaired) electrons. The fourth-order valence-corrected chi connectivity index (χ4v) is 3.27. The fraction of sp³-hybridized carbons (Fsp3) is 0.143. The Morgan fingerprint density at radius 2 is 1.62 bits per heavy atom. The van der Waals surface area contributed by atoms with Crippen molar-refractivity contribution >= 4 is 22.5 Å². The van der Waals surface area contributed by atoms with Gasteiger partial charge in [-0.15, -0.1) is 0 Å². The van der Waals surface area contributed by atoms with Gasteiger partial charge in [-0.3, -0.25) is 14.2 Å². The first kappa shape index (κ1) is 16.1. The standard InChI is InChI=1S/C21H19N3O2/c1-15-7-2-3-8-16(15)13-22-20(25)14-24-18-10-5-4-9-17(18)23-12-6-11-19(23)21(24)26/h2-12H,13-14H2,1H3,(H,22,25). The quantitative estimate of drug-likeness (QED) is 0.618. The summed E-state index contributed by atoms with van der Waals surface area (Å²) in [6.45, 7) is 2.46. The number of aromatic nitrogens is 2. The van der Waals surface area contributed by atoms with Crippen molar-refractivity contribution in [2.75, 3.05) is 0 Å². The highest BCUT2D eigenvalue weighted by molar-refractivity contribution is 5.82. The molecule has 0 saturated carbocycles. The smallest absolute Gasteiger partial charge is 0.275 e. The molecule has 0 aliphatic rings. The molecule has 2 aromatic carbocycles. The number of rotatable bonds is 4. The molecule has 0 bridgehead atoms. The van der Waals surface area contributed by atoms with Crippen molar-refractivity contribution in [1.29, 1.82) is 0 Å². The molecule has 0 aliphatic carbocycles. The highest BCUT2D eigenvalue weighted by atomic mass is 16.2. The van der Waals surface area contributed by atoms with E-state index in [9.17, 15) is 9.59 Å². The van der Waals surface area contributed by atoms with Gasteiger partial charge in [-0.05, 0) is 42.3 Å². The molecule has 5 nitrogen and oxygen atoms in total. The molecule has 4 rings (SSSR count). The Labute approximate surface area is 150 Å². The molecule has 0 unspecified atom stereocenters. The summed E-state index contributed by atoms with van der Waals surface area (Å²) < 4.78 is 3.40. The van der Waals surface area contributed by atoms with E-state index in [2.05, 4.69) is 5.32 Å². The van der Waals surface area contributed by atoms with Crippen molar-refractivity contribution in [1.82, 2.24) is 14.3 Å². The molecular formula is C21H19N3O2. The predicted molar refractivity (Wildman–Crippen MR) is 102 cm³/mol. The van der Waals surface area contributed by atoms with E-state index in [1.165, 1.54) is 4.57 Å². The van der Waals surface area contributed by atoms with E-state index in [1.54, 1.807) is 6.07 Å². The monoisotopic (exact) mass is 345 g/mol. The molecule has 0 fully saturated rings. The maximum absolute atomic E-state index is 12.8. The first-order valence-corrected chi connectivity index (χ1v) is 8.55. The van der Waals surface area contributed by atoms with Gasteiger partial charge in [0.1, 0.15) is 12.1 Å². The second-order valence-corrected chi connectivity index (χ2v) is 6.35. The molecule has 0 aliphatic heterocycles. The van der Waals surface area contributed by atoms with Crippen LogP contribution in [0.1, 0.15) is 11.1 Å². The number of nitrogens with zero attached hydrogens (tertiary/aromatic N) is 2. The summed E-state index contributed by atoms with van der Waals surface area (Å²) in [6.07, 6.45) is 1.86. The predicted octanol–water partition coefficient (Wildman–Crippen LogP) is 2.88. The zero-order valence-corrected chi connectivity index (χ0v) is 14.5. The maximum atomic E-state index is 12.8. The summed E-state index contributed by atoms with van der Waals surface area (Å²) in [7, 11) is 0. The minimum atomic E-state index is -0.184. The number of carbonyl (C=O) groups is 1. The molecule has 130 valence electrons. The Hall–Kier alpha value is -3.34. The number of hydrogen-bond donors (Lipinski definition) is 1. The van der Waals surface area contributed by atoms with Crippen LogP contribution in [0.3, 0.4) is 0 Å². The van der Waals surface area contributed by atoms with Crippen LogP contribution in [0.5, 0.6) is 0 Å². The lowest BCUT2D eigenvalue weighted by Gasteiger charge is -2.13. The van der Waals surface area contributed by atoms with Crippen LogP contribution in [-0.4, -0.2) is 14.9 Å². The number of hydrogen-bond acceptors (Lipinski definition) is 2. The van der Waals surface area contributed by atoms with Gasteiger partial charge in [-0.25, -0.2) is 0 Å². The van der Waals surface area contributed by atoms with Gasteiger partial charge in [0.2, 0.25) is 5.91 Å². The van der Waals surface area contributed by atoms with Crippen LogP contribution in [0, 0.1) is 6.92 Å². The molecule has 0 saturated heterocycles. The third-order valence-electron chi connectivity index (χ3n) is 4.68. The van der Waals surface area contributed by atoms with Crippen LogP contribution in [-0.2, 0) is 17.9 Å². The van der Waals surface area contributed by atoms with E-state index in [0.29, 0.717) is 12.1 Å². The lowest BCUT2D eigenvalue weighted by atomic mass is 10.1. The summed E-state index contributed by atoms with van der Waals surface area (Å²) in [5.74, 6) is -0.184. The molecule has 4 aromatic rings. The Bertz CT molecular complexity index is 1170. The van der Waals surface area contributed by atoms with Crippen LogP contribution >= 0.6 is 0 Å². The Morgan fingerprint density at radius 1 is 0.923 bits per heavy atom. The van der Waals surface area contributed by atoms with Crippen molar-refractivity contribution in [3.8, 4) is 0 Å². The third kappa shape index (κ3) is 2.77. The molecule has 1 N–H and O–H groups in total. The summed E-state index contributed by atoms with van der Waals surface area (Å²) in [4.78, 5) is 25.3. The fourth-order valence-electron chi connectivity index (χ4n) is 3.27. The Morgan fingerprint density at radius 3 is 2.42 bits per heavy atom. The van der Waals surface area contributed by atoms with Crippen molar-refractivity contribution in [2.24, 2.45) is 0 Å². The van der Waals surface area contributed by atoms with Crippen LogP contribution in [0.2, 0.25) is 0 Å². The molecule has 26 heavy (non-hydrogen) atoms. The number of fused-ring (bicyclic) bond motifs is 3. The summed E-state index contributed by atoms with van der Waals surface area (Å²) in [5, 5.41) is 2.92. The number of amides is 1. The molecule has 1 amide bonds. The summed E-state index contributed by atoms with van der Waals surface area (Å²) in [5.41, 5.74) is 4.24. The third-order valence-corrected chi connectivity index (χ3v) is 4.68. The molecule has 0 atom stereocenters. The minimum absolute atomic E-state index is 0.00704. The first-order chi connectivity index (χ1) is 12.6. The highest BCUT2D eigenvalue weighted by Gasteiger charge is 2.13. The van der Waals surface area contributed by atoms with Crippen LogP contribution in [0.25, 0.3) is 16.6 Å². The highest BCUT2D eigenvalue weighted by Crippen LogP contribution is 2.15. The van der Waals surface area contributed by atoms with E-state index in [-0.39, 0.29) is 18.0 Å². The summed E-state index contributed by atoms with van der Waals surface area (Å²) in [6, 6.07) is 19.2. The van der Waals surface area contributed by atoms with Crippen molar-refractivity contribution < 1.29 is 4.79 Å². The maximum Gasteiger partial charge on any atom is 0.275 e. The minimum Gasteiger partial charge on any atom is -0.350 e. The van der Waals surface area contributed by atoms with E-state index in [1.807, 2.05) is 72.1 Å². The van der Waals surface area contributed by atoms with E-state index in [4.69, 9.17) is 0 Å². The van der Waals surface area contributed by atoms with Crippen LogP contribution in [0.4, 0.5) is 0 Å². The van der Waals surface area contributed by atoms with Crippen molar-refractivity contribution in [3.63, 3.8) is 0 Å². The van der Waals surface area contributed by atoms with E-state index >= 15 is 0 Å². The number of nitrogens with one attached hydrogen (secondary N) is 1. The van der Waals surface area contributed by atoms with Crippen LogP contribution in [0.15, 0.2) is 71.7 Å². The molecule has 0 spiro atoms. The molecule has 2 heterocycles. The van der Waals surface area contributed by atoms with Gasteiger partial charge >= 0.3 is 0 Å². The molecule has 5 heteroatoms. The SMILES string of the molecule is Cc1ccccc1CNC(=O)Cn1c(=O)c2cccn2c2ccccc21. The van der Waals surface area contributed by atoms with Crippen molar-refractivity contribution in [3.05, 3.63) is 88.3 Å². The van der Waals surface area contributed by atoms with Gasteiger partial charge in [0, 0.05) is 12.7 Å². The second-order valence-electron chi connectivity index (χ2n) is 6.35. The molecule has 2 aromatic heterocycles. The lowest BCUT2D eigenvalue weighted by molar-refractivity contribution is -0.121. The molecular weight excluding hydrogens is 326 g/mol. The second kappa shape index (κ2) is 6.52. The topological polar surface area (TPSA) is 55.5 Å². The van der Waals surface area contributed by atoms with Gasteiger partial charge in [0.05, 0.1) is 11.0 Å². The van der Waals surface area contributed by atoms with E-state index < -0.39 is 0 Å². The Kier molecular flexibility index (Phi) is 4.05. The van der Waals surface area contributed by atoms with Gasteiger partial charge in [0.25, 0.3) is 5.56 Å². The first-order valence-electron chi connectivity index (χ1n) is 8.55. The van der Waals surface area contributed by atoms with Gasteiger partial charge in [-0.1, -0.05) is 36.4 Å². The average molecular weight is 345 g/mol. The number of para-hydroxylation sites is 2. The summed E-state index contributed by atoms with van der Waals surface area (Å²) >= 11 is 0. The van der Waals surface area contributed by atoms with E-state index in [0.717, 1.165) is 22.2 Å². The van der Waals surface area contributed by atoms with Gasteiger partial charge in [0.15, 0.2) is 0 Å². The number of carbonyl (C=O) groups excluding carboxylic acids is 1. The number of benzene rings is 2. The zero-order valence-electron chi connectivity index (χ0n) is 14.5. The Balaban J connectivity index is 1.66. The largest absolute Gasteiger partial charge is 0.350 e. The zero-order chi connectivity index (χ0) is 18.1. The normalized spacial score (nSPS) is 11.1.